The quantitative estimate of drug-likeness (QED) is 0.360. The Kier molecular flexibility index (Phi) is 8.78. The molecule has 3 rings (SSSR count). The smallest absolute Gasteiger partial charge is 0.194 e. The van der Waals surface area contributed by atoms with E-state index in [-0.39, 0.29) is 35.5 Å². The van der Waals surface area contributed by atoms with E-state index in [4.69, 9.17) is 21.3 Å². The Morgan fingerprint density at radius 2 is 2.07 bits per heavy atom. The van der Waals surface area contributed by atoms with Crippen LogP contribution in [0.25, 0.3) is 0 Å². The lowest BCUT2D eigenvalue weighted by Gasteiger charge is -2.35. The highest BCUT2D eigenvalue weighted by Crippen LogP contribution is 2.26. The topological polar surface area (TPSA) is 54.7 Å². The molecule has 0 saturated carbocycles. The molecule has 2 heterocycles. The summed E-state index contributed by atoms with van der Waals surface area (Å²) in [6.45, 7) is 10.3. The van der Waals surface area contributed by atoms with Crippen molar-refractivity contribution in [1.29, 1.82) is 0 Å². The first-order valence-electron chi connectivity index (χ1n) is 9.78. The van der Waals surface area contributed by atoms with Crippen molar-refractivity contribution in [3.05, 3.63) is 52.8 Å². The van der Waals surface area contributed by atoms with E-state index < -0.39 is 0 Å². The number of nitrogens with one attached hydrogen (secondary N) is 1. The number of nitrogens with zero attached hydrogens (tertiary/aromatic N) is 4. The lowest BCUT2D eigenvalue weighted by molar-refractivity contribution is -0.00806. The molecule has 0 aliphatic carbocycles. The Morgan fingerprint density at radius 3 is 2.69 bits per heavy atom. The van der Waals surface area contributed by atoms with Gasteiger partial charge in [0.1, 0.15) is 6.10 Å². The van der Waals surface area contributed by atoms with Crippen molar-refractivity contribution in [2.75, 3.05) is 32.8 Å². The molecule has 2 aromatic rings. The first-order chi connectivity index (χ1) is 13.4. The van der Waals surface area contributed by atoms with E-state index >= 15 is 0 Å². The highest BCUT2D eigenvalue weighted by Gasteiger charge is 2.26. The second-order valence-corrected chi connectivity index (χ2v) is 8.25. The summed E-state index contributed by atoms with van der Waals surface area (Å²) in [5.74, 6) is 0.932. The SMILES string of the molecule is CCNC(=NCC(C)(C)c1ccc(Cl)cc1)N1CCOC(c2cnn(C)c2)C1.I. The zero-order chi connectivity index (χ0) is 20.1. The van der Waals surface area contributed by atoms with Crippen molar-refractivity contribution in [2.45, 2.75) is 32.3 Å². The molecule has 6 nitrogen and oxygen atoms in total. The minimum Gasteiger partial charge on any atom is -0.370 e. The minimum atomic E-state index is -0.0830. The normalized spacial score (nSPS) is 17.8. The highest BCUT2D eigenvalue weighted by atomic mass is 127. The van der Waals surface area contributed by atoms with E-state index in [9.17, 15) is 0 Å². The lowest BCUT2D eigenvalue weighted by atomic mass is 9.85. The third-order valence-electron chi connectivity index (χ3n) is 5.05. The van der Waals surface area contributed by atoms with Crippen molar-refractivity contribution >= 4 is 41.5 Å². The Balaban J connectivity index is 0.00000300. The summed E-state index contributed by atoms with van der Waals surface area (Å²) in [6.07, 6.45) is 3.90. The average molecular weight is 532 g/mol. The maximum absolute atomic E-state index is 6.04. The number of ether oxygens (including phenoxy) is 1. The predicted octanol–water partition coefficient (Wildman–Crippen LogP) is 4.01. The van der Waals surface area contributed by atoms with Crippen LogP contribution in [0.15, 0.2) is 41.7 Å². The van der Waals surface area contributed by atoms with Gasteiger partial charge in [-0.15, -0.1) is 24.0 Å². The van der Waals surface area contributed by atoms with Gasteiger partial charge in [0.05, 0.1) is 25.9 Å². The molecule has 1 N–H and O–H groups in total. The second kappa shape index (κ2) is 10.6. The van der Waals surface area contributed by atoms with Gasteiger partial charge in [0, 0.05) is 42.3 Å². The number of benzene rings is 1. The summed E-state index contributed by atoms with van der Waals surface area (Å²) in [4.78, 5) is 7.24. The van der Waals surface area contributed by atoms with Gasteiger partial charge in [-0.1, -0.05) is 37.6 Å². The minimum absolute atomic E-state index is 0. The summed E-state index contributed by atoms with van der Waals surface area (Å²) in [6, 6.07) is 8.04. The third-order valence-corrected chi connectivity index (χ3v) is 5.30. The Labute approximate surface area is 195 Å². The second-order valence-electron chi connectivity index (χ2n) is 7.81. The monoisotopic (exact) mass is 531 g/mol. The lowest BCUT2D eigenvalue weighted by Crippen LogP contribution is -2.48. The summed E-state index contributed by atoms with van der Waals surface area (Å²) < 4.78 is 7.78. The van der Waals surface area contributed by atoms with Crippen LogP contribution in [0.2, 0.25) is 5.02 Å². The van der Waals surface area contributed by atoms with Crippen LogP contribution in [-0.4, -0.2) is 53.4 Å². The fourth-order valence-corrected chi connectivity index (χ4v) is 3.47. The average Bonchev–Trinajstić information content (AvgIpc) is 3.12. The molecule has 1 unspecified atom stereocenters. The molecule has 0 radical (unpaired) electrons. The fraction of sp³-hybridized carbons (Fsp3) is 0.524. The summed E-state index contributed by atoms with van der Waals surface area (Å²) in [5.41, 5.74) is 2.25. The van der Waals surface area contributed by atoms with Crippen molar-refractivity contribution in [1.82, 2.24) is 20.0 Å². The van der Waals surface area contributed by atoms with Crippen molar-refractivity contribution in [3.8, 4) is 0 Å². The van der Waals surface area contributed by atoms with E-state index in [0.717, 1.165) is 36.2 Å². The first kappa shape index (κ1) is 24.0. The predicted molar refractivity (Wildman–Crippen MR) is 129 cm³/mol. The van der Waals surface area contributed by atoms with E-state index in [1.807, 2.05) is 36.3 Å². The maximum Gasteiger partial charge on any atom is 0.194 e. The number of rotatable bonds is 5. The van der Waals surface area contributed by atoms with Gasteiger partial charge in [0.2, 0.25) is 0 Å². The fourth-order valence-electron chi connectivity index (χ4n) is 3.34. The summed E-state index contributed by atoms with van der Waals surface area (Å²) in [5, 5.41) is 8.47. The maximum atomic E-state index is 6.04. The van der Waals surface area contributed by atoms with E-state index in [0.29, 0.717) is 13.2 Å². The molecule has 29 heavy (non-hydrogen) atoms. The van der Waals surface area contributed by atoms with Gasteiger partial charge in [0.25, 0.3) is 0 Å². The first-order valence-corrected chi connectivity index (χ1v) is 10.2. The van der Waals surface area contributed by atoms with Crippen LogP contribution in [0.1, 0.15) is 38.0 Å². The summed E-state index contributed by atoms with van der Waals surface area (Å²) >= 11 is 6.04. The molecule has 1 aliphatic rings. The molecule has 1 aliphatic heterocycles. The molecule has 1 saturated heterocycles. The number of morpholine rings is 1. The van der Waals surface area contributed by atoms with Crippen LogP contribution in [-0.2, 0) is 17.2 Å². The van der Waals surface area contributed by atoms with E-state index in [2.05, 4.69) is 48.2 Å². The van der Waals surface area contributed by atoms with Crippen LogP contribution < -0.4 is 5.32 Å². The standard InChI is InChI=1S/C21H30ClN5O.HI/c1-5-23-20(24-15-21(2,3)17-6-8-18(22)9-7-17)27-10-11-28-19(14-27)16-12-25-26(4)13-16;/h6-9,12-13,19H,5,10-11,14-15H2,1-4H3,(H,23,24);1H. The zero-order valence-electron chi connectivity index (χ0n) is 17.6. The highest BCUT2D eigenvalue weighted by molar-refractivity contribution is 14.0. The molecule has 160 valence electrons. The number of aliphatic imine (C=N–C) groups is 1. The van der Waals surface area contributed by atoms with Gasteiger partial charge < -0.3 is 15.0 Å². The molecule has 1 fully saturated rings. The van der Waals surface area contributed by atoms with Crippen molar-refractivity contribution in [2.24, 2.45) is 12.0 Å². The molecule has 0 amide bonds. The molecular weight excluding hydrogens is 501 g/mol. The van der Waals surface area contributed by atoms with Gasteiger partial charge in [-0.25, -0.2) is 0 Å². The molecular formula is C21H31ClIN5O. The van der Waals surface area contributed by atoms with Crippen LogP contribution in [0, 0.1) is 0 Å². The van der Waals surface area contributed by atoms with Gasteiger partial charge >= 0.3 is 0 Å². The third kappa shape index (κ3) is 6.33. The number of aryl methyl sites for hydroxylation is 1. The van der Waals surface area contributed by atoms with Crippen molar-refractivity contribution < 1.29 is 4.74 Å². The number of aromatic nitrogens is 2. The van der Waals surface area contributed by atoms with Gasteiger partial charge in [-0.3, -0.25) is 9.67 Å². The van der Waals surface area contributed by atoms with Crippen LogP contribution in [0.5, 0.6) is 0 Å². The van der Waals surface area contributed by atoms with Gasteiger partial charge in [-0.05, 0) is 24.6 Å². The zero-order valence-corrected chi connectivity index (χ0v) is 20.6. The van der Waals surface area contributed by atoms with Crippen molar-refractivity contribution in [3.63, 3.8) is 0 Å². The molecule has 1 aromatic carbocycles. The number of hydrogen-bond donors (Lipinski definition) is 1. The summed E-state index contributed by atoms with van der Waals surface area (Å²) in [7, 11) is 1.93. The van der Waals surface area contributed by atoms with E-state index in [1.165, 1.54) is 5.56 Å². The molecule has 0 spiro atoms. The number of halogens is 2. The largest absolute Gasteiger partial charge is 0.370 e. The van der Waals surface area contributed by atoms with Gasteiger partial charge in [-0.2, -0.15) is 5.10 Å². The number of hydrogen-bond acceptors (Lipinski definition) is 3. The Bertz CT molecular complexity index is 806. The number of guanidine groups is 1. The van der Waals surface area contributed by atoms with Gasteiger partial charge in [0.15, 0.2) is 5.96 Å². The molecule has 8 heteroatoms. The van der Waals surface area contributed by atoms with Crippen LogP contribution in [0.4, 0.5) is 0 Å². The Hall–Kier alpha value is -1.32. The van der Waals surface area contributed by atoms with Crippen LogP contribution >= 0.6 is 35.6 Å². The Morgan fingerprint density at radius 1 is 1.34 bits per heavy atom. The molecule has 1 atom stereocenters. The van der Waals surface area contributed by atoms with Crippen LogP contribution in [0.3, 0.4) is 0 Å². The molecule has 1 aromatic heterocycles. The van der Waals surface area contributed by atoms with E-state index in [1.54, 1.807) is 0 Å². The molecule has 0 bridgehead atoms.